The van der Waals surface area contributed by atoms with Crippen LogP contribution in [0.25, 0.3) is 0 Å². The van der Waals surface area contributed by atoms with Gasteiger partial charge in [-0.2, -0.15) is 5.10 Å². The lowest BCUT2D eigenvalue weighted by molar-refractivity contribution is 0.101. The van der Waals surface area contributed by atoms with E-state index in [0.717, 1.165) is 0 Å². The van der Waals surface area contributed by atoms with Gasteiger partial charge in [-0.05, 0) is 13.8 Å². The van der Waals surface area contributed by atoms with E-state index in [4.69, 9.17) is 11.6 Å². The molecule has 0 amide bonds. The third-order valence-electron chi connectivity index (χ3n) is 2.48. The molecule has 90 valence electrons. The van der Waals surface area contributed by atoms with Crippen LogP contribution in [0.4, 0.5) is 0 Å². The molecule has 0 atom stereocenters. The summed E-state index contributed by atoms with van der Waals surface area (Å²) in [6.07, 6.45) is 4.78. The predicted octanol–water partition coefficient (Wildman–Crippen LogP) is 2.08. The van der Waals surface area contributed by atoms with Crippen LogP contribution in [0, 0.1) is 0 Å². The topological polar surface area (TPSA) is 52.7 Å². The Hall–Kier alpha value is -1.62. The molecule has 2 aromatic heterocycles. The molecule has 17 heavy (non-hydrogen) atoms. The summed E-state index contributed by atoms with van der Waals surface area (Å²) in [5, 5.41) is 4.46. The molecule has 0 fully saturated rings. The van der Waals surface area contributed by atoms with Gasteiger partial charge in [-0.15, -0.1) is 0 Å². The minimum atomic E-state index is -0.214. The van der Waals surface area contributed by atoms with Crippen molar-refractivity contribution in [3.63, 3.8) is 0 Å². The average molecular weight is 253 g/mol. The van der Waals surface area contributed by atoms with Crippen molar-refractivity contribution >= 4 is 17.4 Å². The molecule has 0 bridgehead atoms. The van der Waals surface area contributed by atoms with Gasteiger partial charge in [-0.25, -0.2) is 4.98 Å². The molecule has 0 aliphatic carbocycles. The fourth-order valence-corrected chi connectivity index (χ4v) is 1.85. The summed E-state index contributed by atoms with van der Waals surface area (Å²) in [6, 6.07) is 0.0710. The summed E-state index contributed by atoms with van der Waals surface area (Å²) < 4.78 is 3.27. The molecule has 0 aromatic carbocycles. The molecule has 0 aliphatic heterocycles. The summed E-state index contributed by atoms with van der Waals surface area (Å²) in [7, 11) is 1.77. The van der Waals surface area contributed by atoms with Crippen LogP contribution in [0.1, 0.15) is 36.2 Å². The maximum atomic E-state index is 12.3. The smallest absolute Gasteiger partial charge is 0.247 e. The molecular formula is C11H13ClN4O. The summed E-state index contributed by atoms with van der Waals surface area (Å²) in [5.74, 6) is 0.142. The third kappa shape index (κ3) is 1.98. The van der Waals surface area contributed by atoms with Crippen molar-refractivity contribution < 1.29 is 4.79 Å². The monoisotopic (exact) mass is 252 g/mol. The van der Waals surface area contributed by atoms with E-state index in [2.05, 4.69) is 10.1 Å². The van der Waals surface area contributed by atoms with Crippen molar-refractivity contribution in [1.82, 2.24) is 19.3 Å². The van der Waals surface area contributed by atoms with Crippen molar-refractivity contribution in [2.45, 2.75) is 19.9 Å². The summed E-state index contributed by atoms with van der Waals surface area (Å²) in [6.45, 7) is 3.89. The summed E-state index contributed by atoms with van der Waals surface area (Å²) in [5.41, 5.74) is 0.385. The number of carbonyl (C=O) groups excluding carboxylic acids is 1. The van der Waals surface area contributed by atoms with Gasteiger partial charge in [0.2, 0.25) is 5.78 Å². The number of carbonyl (C=O) groups is 1. The van der Waals surface area contributed by atoms with Crippen LogP contribution in [-0.4, -0.2) is 25.1 Å². The molecule has 0 aliphatic rings. The predicted molar refractivity (Wildman–Crippen MR) is 64.3 cm³/mol. The lowest BCUT2D eigenvalue weighted by atomic mass is 10.2. The standard InChI is InChI=1S/C11H13ClN4O/c1-7(2)16-9(8(12)6-14-16)10(17)11-13-4-5-15(11)3/h4-7H,1-3H3. The molecule has 0 radical (unpaired) electrons. The maximum Gasteiger partial charge on any atom is 0.247 e. The van der Waals surface area contributed by atoms with Gasteiger partial charge >= 0.3 is 0 Å². The van der Waals surface area contributed by atoms with E-state index in [0.29, 0.717) is 16.5 Å². The highest BCUT2D eigenvalue weighted by molar-refractivity contribution is 6.34. The van der Waals surface area contributed by atoms with Crippen molar-refractivity contribution in [2.75, 3.05) is 0 Å². The summed E-state index contributed by atoms with van der Waals surface area (Å²) in [4.78, 5) is 16.3. The number of nitrogens with zero attached hydrogens (tertiary/aromatic N) is 4. The third-order valence-corrected chi connectivity index (χ3v) is 2.76. The first-order valence-corrected chi connectivity index (χ1v) is 5.65. The molecule has 6 heteroatoms. The average Bonchev–Trinajstić information content (AvgIpc) is 2.83. The Kier molecular flexibility index (Phi) is 3.02. The van der Waals surface area contributed by atoms with E-state index in [9.17, 15) is 4.79 Å². The van der Waals surface area contributed by atoms with Crippen LogP contribution in [0.2, 0.25) is 5.02 Å². The highest BCUT2D eigenvalue weighted by atomic mass is 35.5. The number of halogens is 1. The van der Waals surface area contributed by atoms with Crippen LogP contribution < -0.4 is 0 Å². The van der Waals surface area contributed by atoms with E-state index >= 15 is 0 Å². The molecule has 0 spiro atoms. The lowest BCUT2D eigenvalue weighted by Gasteiger charge is -2.10. The minimum absolute atomic E-state index is 0.0710. The Bertz CT molecular complexity index is 556. The second kappa shape index (κ2) is 4.33. The number of hydrogen-bond donors (Lipinski definition) is 0. The Morgan fingerprint density at radius 3 is 2.71 bits per heavy atom. The first-order valence-electron chi connectivity index (χ1n) is 5.27. The zero-order valence-electron chi connectivity index (χ0n) is 9.88. The van der Waals surface area contributed by atoms with Gasteiger partial charge in [0.1, 0.15) is 5.69 Å². The van der Waals surface area contributed by atoms with E-state index in [1.54, 1.807) is 28.7 Å². The van der Waals surface area contributed by atoms with Crippen LogP contribution in [0.5, 0.6) is 0 Å². The molecular weight excluding hydrogens is 240 g/mol. The van der Waals surface area contributed by atoms with Crippen molar-refractivity contribution in [2.24, 2.45) is 7.05 Å². The zero-order valence-corrected chi connectivity index (χ0v) is 10.6. The number of rotatable bonds is 3. The number of ketones is 1. The Balaban J connectivity index is 2.51. The lowest BCUT2D eigenvalue weighted by Crippen LogP contribution is -2.16. The second-order valence-corrected chi connectivity index (χ2v) is 4.48. The summed E-state index contributed by atoms with van der Waals surface area (Å²) >= 11 is 6.01. The molecule has 0 N–H and O–H groups in total. The largest absolute Gasteiger partial charge is 0.331 e. The Morgan fingerprint density at radius 1 is 1.47 bits per heavy atom. The highest BCUT2D eigenvalue weighted by Crippen LogP contribution is 2.21. The van der Waals surface area contributed by atoms with E-state index in [-0.39, 0.29) is 11.8 Å². The van der Waals surface area contributed by atoms with Crippen molar-refractivity contribution in [3.8, 4) is 0 Å². The number of aryl methyl sites for hydroxylation is 1. The molecule has 2 heterocycles. The van der Waals surface area contributed by atoms with E-state index in [1.165, 1.54) is 6.20 Å². The van der Waals surface area contributed by atoms with E-state index in [1.807, 2.05) is 13.8 Å². The van der Waals surface area contributed by atoms with Crippen LogP contribution in [-0.2, 0) is 7.05 Å². The van der Waals surface area contributed by atoms with Gasteiger partial charge in [0.05, 0.1) is 11.2 Å². The van der Waals surface area contributed by atoms with Gasteiger partial charge in [0.15, 0.2) is 5.82 Å². The van der Waals surface area contributed by atoms with Crippen molar-refractivity contribution in [3.05, 3.63) is 35.1 Å². The SMILES string of the molecule is CC(C)n1ncc(Cl)c1C(=O)c1nccn1C. The maximum absolute atomic E-state index is 12.3. The fourth-order valence-electron chi connectivity index (χ4n) is 1.64. The van der Waals surface area contributed by atoms with E-state index < -0.39 is 0 Å². The van der Waals surface area contributed by atoms with Crippen LogP contribution >= 0.6 is 11.6 Å². The minimum Gasteiger partial charge on any atom is -0.331 e. The molecule has 2 rings (SSSR count). The highest BCUT2D eigenvalue weighted by Gasteiger charge is 2.23. The first kappa shape index (κ1) is 11.9. The second-order valence-electron chi connectivity index (χ2n) is 4.07. The fraction of sp³-hybridized carbons (Fsp3) is 0.364. The van der Waals surface area contributed by atoms with Crippen LogP contribution in [0.3, 0.4) is 0 Å². The molecule has 0 saturated heterocycles. The van der Waals surface area contributed by atoms with Gasteiger partial charge in [-0.1, -0.05) is 11.6 Å². The number of hydrogen-bond acceptors (Lipinski definition) is 3. The van der Waals surface area contributed by atoms with Gasteiger partial charge in [-0.3, -0.25) is 9.48 Å². The zero-order chi connectivity index (χ0) is 12.6. The van der Waals surface area contributed by atoms with Gasteiger partial charge < -0.3 is 4.57 Å². The Morgan fingerprint density at radius 2 is 2.18 bits per heavy atom. The molecule has 0 unspecified atom stereocenters. The normalized spacial score (nSPS) is 11.1. The Labute approximate surface area is 104 Å². The molecule has 5 nitrogen and oxygen atoms in total. The number of aromatic nitrogens is 4. The molecule has 2 aromatic rings. The van der Waals surface area contributed by atoms with Gasteiger partial charge in [0, 0.05) is 25.5 Å². The van der Waals surface area contributed by atoms with Gasteiger partial charge in [0.25, 0.3) is 0 Å². The van der Waals surface area contributed by atoms with Crippen LogP contribution in [0.15, 0.2) is 18.6 Å². The van der Waals surface area contributed by atoms with Crippen molar-refractivity contribution in [1.29, 1.82) is 0 Å². The number of imidazole rings is 1. The quantitative estimate of drug-likeness (QED) is 0.786. The molecule has 0 saturated carbocycles. The first-order chi connectivity index (χ1) is 8.02.